The van der Waals surface area contributed by atoms with E-state index < -0.39 is 0 Å². The van der Waals surface area contributed by atoms with Gasteiger partial charge in [0, 0.05) is 29.3 Å². The number of esters is 2. The van der Waals surface area contributed by atoms with Crippen LogP contribution in [0.25, 0.3) is 29.3 Å². The van der Waals surface area contributed by atoms with Crippen molar-refractivity contribution in [1.82, 2.24) is 0 Å². The van der Waals surface area contributed by atoms with Crippen molar-refractivity contribution in [2.75, 3.05) is 14.2 Å². The Labute approximate surface area is 190 Å². The van der Waals surface area contributed by atoms with E-state index in [1.807, 2.05) is 17.5 Å². The van der Waals surface area contributed by atoms with Crippen LogP contribution in [-0.4, -0.2) is 26.2 Å². The SMILES string of the molecule is COC(=O)Cc1ccsc1-c1ccc(-c2sc(-c3cccs3)cc2CC(=O)OC)s1. The van der Waals surface area contributed by atoms with Crippen molar-refractivity contribution in [3.63, 3.8) is 0 Å². The predicted molar refractivity (Wildman–Crippen MR) is 126 cm³/mol. The van der Waals surface area contributed by atoms with Gasteiger partial charge in [0.15, 0.2) is 0 Å². The summed E-state index contributed by atoms with van der Waals surface area (Å²) in [6.07, 6.45) is 0.505. The van der Waals surface area contributed by atoms with Gasteiger partial charge < -0.3 is 9.47 Å². The second-order valence-electron chi connectivity index (χ2n) is 6.39. The summed E-state index contributed by atoms with van der Waals surface area (Å²) in [7, 11) is 2.82. The largest absolute Gasteiger partial charge is 0.469 e. The van der Waals surface area contributed by atoms with Gasteiger partial charge >= 0.3 is 11.9 Å². The minimum Gasteiger partial charge on any atom is -0.469 e. The predicted octanol–water partition coefficient (Wildman–Crippen LogP) is 6.36. The number of carbonyl (C=O) groups excluding carboxylic acids is 2. The average molecular weight is 475 g/mol. The lowest BCUT2D eigenvalue weighted by atomic mass is 10.1. The van der Waals surface area contributed by atoms with Crippen LogP contribution in [0.2, 0.25) is 0 Å². The van der Waals surface area contributed by atoms with Crippen LogP contribution in [-0.2, 0) is 31.9 Å². The maximum absolute atomic E-state index is 12.0. The molecule has 0 unspecified atom stereocenters. The normalized spacial score (nSPS) is 10.9. The standard InChI is InChI=1S/C22H18O4S4/c1-25-19(23)11-13-7-9-28-21(13)16-5-6-17(29-16)22-14(12-20(24)26-2)10-18(30-22)15-4-3-8-27-15/h3-10H,11-12H2,1-2H3. The van der Waals surface area contributed by atoms with Gasteiger partial charge in [-0.25, -0.2) is 0 Å². The van der Waals surface area contributed by atoms with Crippen LogP contribution in [0.15, 0.2) is 47.2 Å². The molecule has 4 nitrogen and oxygen atoms in total. The van der Waals surface area contributed by atoms with E-state index in [0.717, 1.165) is 35.5 Å². The maximum Gasteiger partial charge on any atom is 0.310 e. The molecule has 0 amide bonds. The zero-order chi connectivity index (χ0) is 21.1. The number of thiophene rings is 4. The summed E-state index contributed by atoms with van der Waals surface area (Å²) >= 11 is 6.67. The van der Waals surface area contributed by atoms with Gasteiger partial charge in [-0.3, -0.25) is 9.59 Å². The summed E-state index contributed by atoms with van der Waals surface area (Å²) in [5.74, 6) is -0.493. The molecule has 0 saturated carbocycles. The van der Waals surface area contributed by atoms with E-state index in [1.165, 1.54) is 19.1 Å². The van der Waals surface area contributed by atoms with Gasteiger partial charge in [0.05, 0.1) is 27.1 Å². The highest BCUT2D eigenvalue weighted by Crippen LogP contribution is 2.45. The molecule has 4 aromatic rings. The Hall–Kier alpha value is -2.26. The van der Waals surface area contributed by atoms with Crippen LogP contribution >= 0.6 is 45.3 Å². The van der Waals surface area contributed by atoms with Crippen LogP contribution in [0.4, 0.5) is 0 Å². The summed E-state index contributed by atoms with van der Waals surface area (Å²) in [4.78, 5) is 30.4. The van der Waals surface area contributed by atoms with Crippen LogP contribution in [0, 0.1) is 0 Å². The first kappa shape index (κ1) is 21.0. The summed E-state index contributed by atoms with van der Waals surface area (Å²) in [6, 6.07) is 12.4. The second-order valence-corrected chi connectivity index (χ2v) is 10.4. The van der Waals surface area contributed by atoms with Gasteiger partial charge in [-0.15, -0.1) is 45.3 Å². The van der Waals surface area contributed by atoms with Crippen molar-refractivity contribution in [2.24, 2.45) is 0 Å². The average Bonchev–Trinajstić information content (AvgIpc) is 3.52. The number of methoxy groups -OCH3 is 2. The number of hydrogen-bond donors (Lipinski definition) is 0. The fourth-order valence-electron chi connectivity index (χ4n) is 3.04. The quantitative estimate of drug-likeness (QED) is 0.292. The van der Waals surface area contributed by atoms with Crippen LogP contribution < -0.4 is 0 Å². The van der Waals surface area contributed by atoms with Gasteiger partial charge in [-0.05, 0) is 52.2 Å². The van der Waals surface area contributed by atoms with Gasteiger partial charge in [-0.1, -0.05) is 6.07 Å². The lowest BCUT2D eigenvalue weighted by Gasteiger charge is -2.02. The second kappa shape index (κ2) is 9.26. The van der Waals surface area contributed by atoms with Gasteiger partial charge in [0.1, 0.15) is 0 Å². The molecule has 0 atom stereocenters. The first-order chi connectivity index (χ1) is 14.6. The monoisotopic (exact) mass is 474 g/mol. The Morgan fingerprint density at radius 2 is 1.43 bits per heavy atom. The van der Waals surface area contributed by atoms with Crippen molar-refractivity contribution in [1.29, 1.82) is 0 Å². The topological polar surface area (TPSA) is 52.6 Å². The van der Waals surface area contributed by atoms with E-state index in [4.69, 9.17) is 9.47 Å². The Balaban J connectivity index is 1.70. The van der Waals surface area contributed by atoms with E-state index in [9.17, 15) is 9.59 Å². The molecule has 0 aliphatic rings. The zero-order valence-electron chi connectivity index (χ0n) is 16.3. The molecule has 154 valence electrons. The molecule has 4 aromatic heterocycles. The first-order valence-electron chi connectivity index (χ1n) is 9.06. The molecule has 4 rings (SSSR count). The molecular weight excluding hydrogens is 457 g/mol. The molecule has 0 saturated heterocycles. The molecule has 0 aromatic carbocycles. The fourth-order valence-corrected chi connectivity index (χ4v) is 7.28. The number of carbonyl (C=O) groups is 2. The Morgan fingerprint density at radius 3 is 2.10 bits per heavy atom. The van der Waals surface area contributed by atoms with E-state index in [0.29, 0.717) is 0 Å². The number of ether oxygens (including phenoxy) is 2. The van der Waals surface area contributed by atoms with Crippen LogP contribution in [0.5, 0.6) is 0 Å². The molecule has 0 N–H and O–H groups in total. The third-order valence-corrected chi connectivity index (χ3v) is 9.14. The lowest BCUT2D eigenvalue weighted by molar-refractivity contribution is -0.140. The summed E-state index contributed by atoms with van der Waals surface area (Å²) in [5.41, 5.74) is 1.95. The minimum atomic E-state index is -0.248. The van der Waals surface area contributed by atoms with Crippen molar-refractivity contribution in [2.45, 2.75) is 12.8 Å². The van der Waals surface area contributed by atoms with E-state index in [1.54, 1.807) is 45.3 Å². The zero-order valence-corrected chi connectivity index (χ0v) is 19.6. The molecular formula is C22H18O4S4. The third kappa shape index (κ3) is 4.41. The number of rotatable bonds is 7. The number of hydrogen-bond acceptors (Lipinski definition) is 8. The van der Waals surface area contributed by atoms with Crippen molar-refractivity contribution < 1.29 is 19.1 Å². The maximum atomic E-state index is 12.0. The van der Waals surface area contributed by atoms with E-state index in [2.05, 4.69) is 29.6 Å². The molecule has 30 heavy (non-hydrogen) atoms. The Kier molecular flexibility index (Phi) is 6.48. The lowest BCUT2D eigenvalue weighted by Crippen LogP contribution is -2.04. The fraction of sp³-hybridized carbons (Fsp3) is 0.182. The molecule has 0 fully saturated rings. The highest BCUT2D eigenvalue weighted by molar-refractivity contribution is 7.28. The molecule has 0 bridgehead atoms. The molecule has 0 aliphatic heterocycles. The molecule has 8 heteroatoms. The van der Waals surface area contributed by atoms with Crippen LogP contribution in [0.1, 0.15) is 11.1 Å². The molecule has 4 heterocycles. The van der Waals surface area contributed by atoms with Crippen LogP contribution in [0.3, 0.4) is 0 Å². The smallest absolute Gasteiger partial charge is 0.310 e. The summed E-state index contributed by atoms with van der Waals surface area (Å²) in [6.45, 7) is 0. The van der Waals surface area contributed by atoms with Gasteiger partial charge in [0.2, 0.25) is 0 Å². The van der Waals surface area contributed by atoms with Crippen molar-refractivity contribution in [3.05, 3.63) is 58.3 Å². The minimum absolute atomic E-state index is 0.244. The van der Waals surface area contributed by atoms with Gasteiger partial charge in [-0.2, -0.15) is 0 Å². The Morgan fingerprint density at radius 1 is 0.733 bits per heavy atom. The third-order valence-electron chi connectivity index (χ3n) is 4.50. The summed E-state index contributed by atoms with van der Waals surface area (Å²) in [5, 5.41) is 4.05. The Bertz CT molecular complexity index is 1160. The molecule has 0 spiro atoms. The van der Waals surface area contributed by atoms with Crippen molar-refractivity contribution >= 4 is 57.3 Å². The highest BCUT2D eigenvalue weighted by atomic mass is 32.1. The molecule has 0 aliphatic carbocycles. The van der Waals surface area contributed by atoms with Crippen molar-refractivity contribution in [3.8, 4) is 29.3 Å². The first-order valence-corrected chi connectivity index (χ1v) is 12.5. The molecule has 0 radical (unpaired) electrons. The van der Waals surface area contributed by atoms with E-state index in [-0.39, 0.29) is 24.8 Å². The van der Waals surface area contributed by atoms with E-state index >= 15 is 0 Å². The highest BCUT2D eigenvalue weighted by Gasteiger charge is 2.19. The summed E-state index contributed by atoms with van der Waals surface area (Å²) < 4.78 is 9.72. The van der Waals surface area contributed by atoms with Gasteiger partial charge in [0.25, 0.3) is 0 Å².